The zero-order valence-electron chi connectivity index (χ0n) is 18.3. The van der Waals surface area contributed by atoms with Crippen LogP contribution in [0.15, 0.2) is 72.8 Å². The molecule has 31 heavy (non-hydrogen) atoms. The molecule has 0 aromatic heterocycles. The number of amides is 2. The summed E-state index contributed by atoms with van der Waals surface area (Å²) >= 11 is 0. The Balaban J connectivity index is 1.65. The molecule has 158 valence electrons. The maximum absolute atomic E-state index is 13.5. The van der Waals surface area contributed by atoms with E-state index in [-0.39, 0.29) is 11.8 Å². The van der Waals surface area contributed by atoms with E-state index in [2.05, 4.69) is 5.32 Å². The van der Waals surface area contributed by atoms with Gasteiger partial charge in [-0.2, -0.15) is 0 Å². The molecule has 1 N–H and O–H groups in total. The third-order valence-electron chi connectivity index (χ3n) is 6.27. The van der Waals surface area contributed by atoms with Crippen molar-refractivity contribution in [1.29, 1.82) is 0 Å². The van der Waals surface area contributed by atoms with Gasteiger partial charge in [-0.1, -0.05) is 72.3 Å². The number of nitrogens with zero attached hydrogens (tertiary/aromatic N) is 1. The van der Waals surface area contributed by atoms with E-state index in [1.54, 1.807) is 4.90 Å². The molecular weight excluding hydrogens is 384 g/mol. The smallest absolute Gasteiger partial charge is 0.255 e. The normalized spacial score (nSPS) is 17.9. The molecule has 0 saturated carbocycles. The van der Waals surface area contributed by atoms with E-state index < -0.39 is 5.54 Å². The second-order valence-corrected chi connectivity index (χ2v) is 8.59. The highest BCUT2D eigenvalue weighted by Gasteiger charge is 2.46. The van der Waals surface area contributed by atoms with Gasteiger partial charge >= 0.3 is 0 Å². The molecule has 4 heteroatoms. The van der Waals surface area contributed by atoms with Crippen LogP contribution >= 0.6 is 0 Å². The van der Waals surface area contributed by atoms with E-state index in [0.29, 0.717) is 25.1 Å². The Morgan fingerprint density at radius 2 is 1.65 bits per heavy atom. The number of carbonyl (C=O) groups is 2. The summed E-state index contributed by atoms with van der Waals surface area (Å²) in [4.78, 5) is 28.7. The lowest BCUT2D eigenvalue weighted by atomic mass is 9.82. The topological polar surface area (TPSA) is 49.4 Å². The van der Waals surface area contributed by atoms with Crippen molar-refractivity contribution < 1.29 is 9.59 Å². The number of aryl methyl sites for hydroxylation is 2. The molecule has 1 aliphatic rings. The lowest BCUT2D eigenvalue weighted by Gasteiger charge is -2.44. The first-order valence-electron chi connectivity index (χ1n) is 10.7. The van der Waals surface area contributed by atoms with E-state index in [1.807, 2.05) is 93.6 Å². The molecule has 0 saturated heterocycles. The number of carbonyl (C=O) groups excluding carboxylic acids is 2. The lowest BCUT2D eigenvalue weighted by Crippen LogP contribution is -2.62. The first kappa shape index (κ1) is 20.9. The molecule has 0 spiro atoms. The molecule has 4 rings (SSSR count). The van der Waals surface area contributed by atoms with E-state index >= 15 is 0 Å². The fraction of sp³-hybridized carbons (Fsp3) is 0.259. The maximum Gasteiger partial charge on any atom is 0.255 e. The fourth-order valence-electron chi connectivity index (χ4n) is 4.22. The molecule has 1 aliphatic heterocycles. The molecule has 0 aliphatic carbocycles. The summed E-state index contributed by atoms with van der Waals surface area (Å²) in [5.74, 6) is -0.235. The van der Waals surface area contributed by atoms with Gasteiger partial charge in [0.25, 0.3) is 5.91 Å². The van der Waals surface area contributed by atoms with Crippen molar-refractivity contribution in [3.05, 3.63) is 106 Å². The monoisotopic (exact) mass is 412 g/mol. The summed E-state index contributed by atoms with van der Waals surface area (Å²) < 4.78 is 0. The van der Waals surface area contributed by atoms with Crippen molar-refractivity contribution in [1.82, 2.24) is 10.2 Å². The number of hydrogen-bond donors (Lipinski definition) is 1. The van der Waals surface area contributed by atoms with Crippen LogP contribution in [0.25, 0.3) is 0 Å². The Morgan fingerprint density at radius 1 is 0.968 bits per heavy atom. The minimum atomic E-state index is -0.973. The second kappa shape index (κ2) is 8.38. The quantitative estimate of drug-likeness (QED) is 0.667. The van der Waals surface area contributed by atoms with Crippen molar-refractivity contribution in [2.24, 2.45) is 0 Å². The Kier molecular flexibility index (Phi) is 5.64. The first-order chi connectivity index (χ1) is 14.9. The highest BCUT2D eigenvalue weighted by Crippen LogP contribution is 2.33. The number of rotatable bonds is 5. The summed E-state index contributed by atoms with van der Waals surface area (Å²) in [6, 6.07) is 23.7. The van der Waals surface area contributed by atoms with Gasteiger partial charge in [-0.25, -0.2) is 0 Å². The van der Waals surface area contributed by atoms with Crippen molar-refractivity contribution in [3.63, 3.8) is 0 Å². The number of benzene rings is 3. The van der Waals surface area contributed by atoms with E-state index in [4.69, 9.17) is 0 Å². The van der Waals surface area contributed by atoms with Crippen LogP contribution < -0.4 is 5.32 Å². The Hall–Kier alpha value is -3.40. The van der Waals surface area contributed by atoms with Crippen LogP contribution in [0, 0.1) is 13.8 Å². The van der Waals surface area contributed by atoms with E-state index in [1.165, 1.54) is 0 Å². The third kappa shape index (κ3) is 4.11. The van der Waals surface area contributed by atoms with Crippen LogP contribution in [0.5, 0.6) is 0 Å². The Bertz CT molecular complexity index is 1120. The van der Waals surface area contributed by atoms with Crippen LogP contribution in [0.3, 0.4) is 0 Å². The Labute approximate surface area is 183 Å². The minimum Gasteiger partial charge on any atom is -0.350 e. The molecule has 1 unspecified atom stereocenters. The van der Waals surface area contributed by atoms with Crippen LogP contribution in [-0.4, -0.2) is 22.3 Å². The maximum atomic E-state index is 13.5. The van der Waals surface area contributed by atoms with Gasteiger partial charge in [0.1, 0.15) is 5.54 Å². The van der Waals surface area contributed by atoms with Gasteiger partial charge in [0.05, 0.1) is 0 Å². The van der Waals surface area contributed by atoms with Crippen molar-refractivity contribution >= 4 is 11.8 Å². The van der Waals surface area contributed by atoms with E-state index in [9.17, 15) is 9.59 Å². The number of fused-ring (bicyclic) bond motifs is 1. The summed E-state index contributed by atoms with van der Waals surface area (Å²) in [5.41, 5.74) is 5.01. The zero-order valence-corrected chi connectivity index (χ0v) is 18.3. The van der Waals surface area contributed by atoms with E-state index in [0.717, 1.165) is 27.8 Å². The van der Waals surface area contributed by atoms with Gasteiger partial charge in [-0.3, -0.25) is 9.59 Å². The van der Waals surface area contributed by atoms with Gasteiger partial charge in [-0.05, 0) is 49.1 Å². The number of nitrogens with one attached hydrogen (secondary N) is 1. The highest BCUT2D eigenvalue weighted by atomic mass is 16.2. The molecule has 3 aromatic rings. The predicted molar refractivity (Wildman–Crippen MR) is 123 cm³/mol. The molecule has 0 radical (unpaired) electrons. The minimum absolute atomic E-state index is 0.101. The highest BCUT2D eigenvalue weighted by molar-refractivity contribution is 6.02. The second-order valence-electron chi connectivity index (χ2n) is 8.59. The van der Waals surface area contributed by atoms with Crippen LogP contribution in [0.1, 0.15) is 45.1 Å². The number of hydrogen-bond acceptors (Lipinski definition) is 2. The van der Waals surface area contributed by atoms with Crippen LogP contribution in [0.2, 0.25) is 0 Å². The largest absolute Gasteiger partial charge is 0.350 e. The average molecular weight is 413 g/mol. The molecule has 1 heterocycles. The lowest BCUT2D eigenvalue weighted by molar-refractivity contribution is -0.132. The van der Waals surface area contributed by atoms with Gasteiger partial charge in [0.2, 0.25) is 5.91 Å². The van der Waals surface area contributed by atoms with Gasteiger partial charge in [-0.15, -0.1) is 0 Å². The predicted octanol–water partition coefficient (Wildman–Crippen LogP) is 4.58. The molecule has 0 fully saturated rings. The standard InChI is InChI=1S/C27H28N2O2/c1-19-12-14-21(15-13-19)18-29-25(30)24-11-7-6-9-22(24)16-27(29,3)26(31)28-17-23-10-5-4-8-20(23)2/h4-15H,16-18H2,1-3H3,(H,28,31). The van der Waals surface area contributed by atoms with Crippen molar-refractivity contribution in [3.8, 4) is 0 Å². The van der Waals surface area contributed by atoms with Gasteiger partial charge in [0, 0.05) is 25.1 Å². The summed E-state index contributed by atoms with van der Waals surface area (Å²) in [5, 5.41) is 3.09. The molecule has 2 amide bonds. The Morgan fingerprint density at radius 3 is 2.39 bits per heavy atom. The SMILES string of the molecule is Cc1ccc(CN2C(=O)c3ccccc3CC2(C)C(=O)NCc2ccccc2C)cc1. The summed E-state index contributed by atoms with van der Waals surface area (Å²) in [6.45, 7) is 6.78. The van der Waals surface area contributed by atoms with Gasteiger partial charge in [0.15, 0.2) is 0 Å². The zero-order chi connectivity index (χ0) is 22.0. The van der Waals surface area contributed by atoms with Crippen LogP contribution in [-0.2, 0) is 24.3 Å². The summed E-state index contributed by atoms with van der Waals surface area (Å²) in [6.07, 6.45) is 0.486. The van der Waals surface area contributed by atoms with Gasteiger partial charge < -0.3 is 10.2 Å². The molecule has 0 bridgehead atoms. The van der Waals surface area contributed by atoms with Crippen molar-refractivity contribution in [2.75, 3.05) is 0 Å². The third-order valence-corrected chi connectivity index (χ3v) is 6.27. The van der Waals surface area contributed by atoms with Crippen LogP contribution in [0.4, 0.5) is 0 Å². The molecule has 1 atom stereocenters. The summed E-state index contributed by atoms with van der Waals surface area (Å²) in [7, 11) is 0. The molecule has 4 nitrogen and oxygen atoms in total. The molecule has 3 aromatic carbocycles. The van der Waals surface area contributed by atoms with Crippen molar-refractivity contribution in [2.45, 2.75) is 45.8 Å². The average Bonchev–Trinajstić information content (AvgIpc) is 2.77. The first-order valence-corrected chi connectivity index (χ1v) is 10.7. The fourth-order valence-corrected chi connectivity index (χ4v) is 4.22. The molecular formula is C27H28N2O2.